The average Bonchev–Trinajstić information content (AvgIpc) is 2.49. The fourth-order valence-electron chi connectivity index (χ4n) is 3.38. The van der Waals surface area contributed by atoms with Crippen molar-refractivity contribution in [2.45, 2.75) is 43.1 Å². The maximum Gasteiger partial charge on any atom is 0.446 e. The van der Waals surface area contributed by atoms with Crippen LogP contribution in [0, 0.1) is 5.92 Å². The summed E-state index contributed by atoms with van der Waals surface area (Å²) in [6.45, 7) is 7.83. The van der Waals surface area contributed by atoms with Gasteiger partial charge in [-0.1, -0.05) is 38.5 Å². The molecule has 1 fully saturated rings. The van der Waals surface area contributed by atoms with Gasteiger partial charge in [0.2, 0.25) is 0 Å². The SMILES string of the molecule is CCCC(C)[C@@H](c1ccccc1SC(F)(F)F)N1CCNCC1. The highest BCUT2D eigenvalue weighted by molar-refractivity contribution is 8.00. The van der Waals surface area contributed by atoms with Gasteiger partial charge in [0, 0.05) is 37.1 Å². The van der Waals surface area contributed by atoms with Crippen molar-refractivity contribution < 1.29 is 13.2 Å². The van der Waals surface area contributed by atoms with Crippen molar-refractivity contribution in [1.29, 1.82) is 0 Å². The molecule has 0 bridgehead atoms. The second-order valence-corrected chi connectivity index (χ2v) is 7.19. The Kier molecular flexibility index (Phi) is 6.80. The van der Waals surface area contributed by atoms with E-state index in [1.807, 2.05) is 12.1 Å². The molecule has 1 aliphatic rings. The third-order valence-corrected chi connectivity index (χ3v) is 5.11. The van der Waals surface area contributed by atoms with Gasteiger partial charge in [-0.25, -0.2) is 0 Å². The first-order valence-corrected chi connectivity index (χ1v) is 9.03. The Morgan fingerprint density at radius 2 is 1.87 bits per heavy atom. The number of hydrogen-bond acceptors (Lipinski definition) is 3. The third-order valence-electron chi connectivity index (χ3n) is 4.29. The first-order valence-electron chi connectivity index (χ1n) is 8.22. The summed E-state index contributed by atoms with van der Waals surface area (Å²) in [6, 6.07) is 7.05. The standard InChI is InChI=1S/C17H25F3N2S/c1-3-6-13(2)16(22-11-9-21-10-12-22)14-7-4-5-8-15(14)23-17(18,19)20/h4-5,7-8,13,16,21H,3,6,9-12H2,1-2H3/t13?,16-/m0/s1. The molecule has 2 rings (SSSR count). The molecule has 1 aliphatic heterocycles. The summed E-state index contributed by atoms with van der Waals surface area (Å²) < 4.78 is 38.7. The second-order valence-electron chi connectivity index (χ2n) is 6.08. The van der Waals surface area contributed by atoms with E-state index in [4.69, 9.17) is 0 Å². The molecule has 0 aliphatic carbocycles. The van der Waals surface area contributed by atoms with Crippen LogP contribution in [0.4, 0.5) is 13.2 Å². The van der Waals surface area contributed by atoms with E-state index in [-0.39, 0.29) is 17.8 Å². The molecular weight excluding hydrogens is 321 g/mol. The van der Waals surface area contributed by atoms with E-state index in [2.05, 4.69) is 24.1 Å². The lowest BCUT2D eigenvalue weighted by Crippen LogP contribution is -2.46. The van der Waals surface area contributed by atoms with Crippen molar-refractivity contribution in [3.8, 4) is 0 Å². The van der Waals surface area contributed by atoms with Crippen LogP contribution in [0.5, 0.6) is 0 Å². The molecule has 0 saturated carbocycles. The number of halogens is 3. The van der Waals surface area contributed by atoms with E-state index in [1.165, 1.54) is 0 Å². The largest absolute Gasteiger partial charge is 0.446 e. The van der Waals surface area contributed by atoms with Gasteiger partial charge in [0.25, 0.3) is 0 Å². The van der Waals surface area contributed by atoms with Crippen molar-refractivity contribution in [3.63, 3.8) is 0 Å². The molecule has 1 saturated heterocycles. The number of alkyl halides is 3. The lowest BCUT2D eigenvalue weighted by atomic mass is 9.89. The number of nitrogens with zero attached hydrogens (tertiary/aromatic N) is 1. The zero-order chi connectivity index (χ0) is 16.9. The van der Waals surface area contributed by atoms with Crippen LogP contribution in [0.1, 0.15) is 38.3 Å². The van der Waals surface area contributed by atoms with E-state index in [0.29, 0.717) is 10.8 Å². The number of hydrogen-bond donors (Lipinski definition) is 1. The minimum atomic E-state index is -4.25. The summed E-state index contributed by atoms with van der Waals surface area (Å²) >= 11 is 0.0129. The Labute approximate surface area is 140 Å². The van der Waals surface area contributed by atoms with Gasteiger partial charge in [0.05, 0.1) is 0 Å². The molecule has 0 aromatic heterocycles. The topological polar surface area (TPSA) is 15.3 Å². The minimum Gasteiger partial charge on any atom is -0.314 e. The Morgan fingerprint density at radius 3 is 2.48 bits per heavy atom. The zero-order valence-corrected chi connectivity index (χ0v) is 14.5. The van der Waals surface area contributed by atoms with Crippen molar-refractivity contribution in [2.24, 2.45) is 5.92 Å². The number of thioether (sulfide) groups is 1. The van der Waals surface area contributed by atoms with Crippen LogP contribution in [0.2, 0.25) is 0 Å². The Balaban J connectivity index is 2.34. The molecule has 23 heavy (non-hydrogen) atoms. The summed E-state index contributed by atoms with van der Waals surface area (Å²) in [6.07, 6.45) is 2.05. The number of rotatable bonds is 6. The molecule has 1 aromatic carbocycles. The first-order chi connectivity index (χ1) is 10.9. The van der Waals surface area contributed by atoms with Crippen LogP contribution in [0.25, 0.3) is 0 Å². The van der Waals surface area contributed by atoms with Gasteiger partial charge in [0.1, 0.15) is 0 Å². The van der Waals surface area contributed by atoms with Gasteiger partial charge in [-0.05, 0) is 35.7 Å². The molecule has 6 heteroatoms. The fourth-order valence-corrected chi connectivity index (χ4v) is 4.08. The van der Waals surface area contributed by atoms with Crippen LogP contribution < -0.4 is 5.32 Å². The van der Waals surface area contributed by atoms with Gasteiger partial charge in [-0.2, -0.15) is 13.2 Å². The predicted molar refractivity (Wildman–Crippen MR) is 89.6 cm³/mol. The monoisotopic (exact) mass is 346 g/mol. The molecule has 1 unspecified atom stereocenters. The van der Waals surface area contributed by atoms with Crippen molar-refractivity contribution in [1.82, 2.24) is 10.2 Å². The van der Waals surface area contributed by atoms with Crippen LogP contribution in [0.3, 0.4) is 0 Å². The van der Waals surface area contributed by atoms with E-state index in [0.717, 1.165) is 44.6 Å². The molecule has 0 spiro atoms. The van der Waals surface area contributed by atoms with Gasteiger partial charge < -0.3 is 5.32 Å². The summed E-state index contributed by atoms with van der Waals surface area (Å²) in [5.74, 6) is 0.327. The molecule has 1 N–H and O–H groups in total. The quantitative estimate of drug-likeness (QED) is 0.753. The van der Waals surface area contributed by atoms with Crippen molar-refractivity contribution >= 4 is 11.8 Å². The predicted octanol–water partition coefficient (Wildman–Crippen LogP) is 4.68. The Hall–Kier alpha value is -0.720. The maximum atomic E-state index is 12.9. The zero-order valence-electron chi connectivity index (χ0n) is 13.7. The molecule has 0 radical (unpaired) electrons. The van der Waals surface area contributed by atoms with Crippen molar-refractivity contribution in [2.75, 3.05) is 26.2 Å². The smallest absolute Gasteiger partial charge is 0.314 e. The highest BCUT2D eigenvalue weighted by Crippen LogP contribution is 2.43. The van der Waals surface area contributed by atoms with Gasteiger partial charge in [-0.3, -0.25) is 4.90 Å². The van der Waals surface area contributed by atoms with E-state index in [1.54, 1.807) is 12.1 Å². The van der Waals surface area contributed by atoms with Gasteiger partial charge in [-0.15, -0.1) is 0 Å². The molecule has 2 nitrogen and oxygen atoms in total. The average molecular weight is 346 g/mol. The molecule has 1 aromatic rings. The summed E-state index contributed by atoms with van der Waals surface area (Å²) in [5, 5.41) is 3.32. The van der Waals surface area contributed by atoms with E-state index >= 15 is 0 Å². The number of nitrogens with one attached hydrogen (secondary N) is 1. The molecule has 2 atom stereocenters. The Morgan fingerprint density at radius 1 is 1.22 bits per heavy atom. The summed E-state index contributed by atoms with van der Waals surface area (Å²) in [7, 11) is 0. The third kappa shape index (κ3) is 5.40. The maximum absolute atomic E-state index is 12.9. The highest BCUT2D eigenvalue weighted by Gasteiger charge is 2.34. The summed E-state index contributed by atoms with van der Waals surface area (Å²) in [4.78, 5) is 2.68. The first kappa shape index (κ1) is 18.6. The van der Waals surface area contributed by atoms with Crippen LogP contribution in [-0.2, 0) is 0 Å². The van der Waals surface area contributed by atoms with E-state index in [9.17, 15) is 13.2 Å². The fraction of sp³-hybridized carbons (Fsp3) is 0.647. The van der Waals surface area contributed by atoms with Crippen molar-refractivity contribution in [3.05, 3.63) is 29.8 Å². The van der Waals surface area contributed by atoms with Gasteiger partial charge in [0.15, 0.2) is 0 Å². The Bertz CT molecular complexity index is 487. The van der Waals surface area contributed by atoms with E-state index < -0.39 is 5.51 Å². The lowest BCUT2D eigenvalue weighted by Gasteiger charge is -2.39. The van der Waals surface area contributed by atoms with Crippen LogP contribution >= 0.6 is 11.8 Å². The molecule has 1 heterocycles. The van der Waals surface area contributed by atoms with Crippen LogP contribution in [0.15, 0.2) is 29.2 Å². The molecule has 130 valence electrons. The number of benzene rings is 1. The normalized spacial score (nSPS) is 19.5. The number of piperazine rings is 1. The molecule has 0 amide bonds. The highest BCUT2D eigenvalue weighted by atomic mass is 32.2. The second kappa shape index (κ2) is 8.40. The van der Waals surface area contributed by atoms with Gasteiger partial charge >= 0.3 is 5.51 Å². The van der Waals surface area contributed by atoms with Crippen LogP contribution in [-0.4, -0.2) is 36.6 Å². The molecular formula is C17H25F3N2S. The lowest BCUT2D eigenvalue weighted by molar-refractivity contribution is -0.0329. The summed E-state index contributed by atoms with van der Waals surface area (Å²) in [5.41, 5.74) is -3.43. The minimum absolute atomic E-state index is 0.0129.